The van der Waals surface area contributed by atoms with Crippen molar-refractivity contribution in [2.75, 3.05) is 12.4 Å². The monoisotopic (exact) mass is 253 g/mol. The van der Waals surface area contributed by atoms with Crippen molar-refractivity contribution in [3.05, 3.63) is 54.1 Å². The van der Waals surface area contributed by atoms with Crippen LogP contribution in [0.2, 0.25) is 0 Å². The lowest BCUT2D eigenvalue weighted by Gasteiger charge is -2.19. The molecule has 2 aromatic rings. The molecule has 0 aliphatic rings. The third-order valence-electron chi connectivity index (χ3n) is 3.17. The summed E-state index contributed by atoms with van der Waals surface area (Å²) in [5.74, 6) is 0. The van der Waals surface area contributed by atoms with Crippen LogP contribution >= 0.6 is 0 Å². The summed E-state index contributed by atoms with van der Waals surface area (Å²) in [4.78, 5) is 0. The van der Waals surface area contributed by atoms with Gasteiger partial charge in [-0.05, 0) is 29.0 Å². The molecule has 1 heteroatoms. The van der Waals surface area contributed by atoms with Gasteiger partial charge in [0, 0.05) is 18.3 Å². The molecule has 0 aliphatic carbocycles. The Bertz CT molecular complexity index is 535. The van der Waals surface area contributed by atoms with Crippen molar-refractivity contribution < 1.29 is 0 Å². The van der Waals surface area contributed by atoms with Crippen molar-refractivity contribution in [1.82, 2.24) is 0 Å². The van der Waals surface area contributed by atoms with Gasteiger partial charge in [-0.15, -0.1) is 0 Å². The molecule has 0 spiro atoms. The summed E-state index contributed by atoms with van der Waals surface area (Å²) < 4.78 is 0. The molecule has 19 heavy (non-hydrogen) atoms. The van der Waals surface area contributed by atoms with E-state index >= 15 is 0 Å². The van der Waals surface area contributed by atoms with Crippen molar-refractivity contribution in [2.24, 2.45) is 5.41 Å². The first kappa shape index (κ1) is 13.7. The average molecular weight is 253 g/mol. The lowest BCUT2D eigenvalue weighted by Crippen LogP contribution is -2.09. The van der Waals surface area contributed by atoms with E-state index < -0.39 is 0 Å². The van der Waals surface area contributed by atoms with Gasteiger partial charge in [0.25, 0.3) is 0 Å². The van der Waals surface area contributed by atoms with E-state index in [9.17, 15) is 0 Å². The average Bonchev–Trinajstić information content (AvgIpc) is 2.37. The number of nitrogens with one attached hydrogen (secondary N) is 1. The Kier molecular flexibility index (Phi) is 3.94. The lowest BCUT2D eigenvalue weighted by molar-refractivity contribution is 0.411. The van der Waals surface area contributed by atoms with E-state index in [0.717, 1.165) is 6.42 Å². The third-order valence-corrected chi connectivity index (χ3v) is 3.17. The van der Waals surface area contributed by atoms with E-state index in [4.69, 9.17) is 0 Å². The molecule has 1 nitrogen and oxygen atoms in total. The van der Waals surface area contributed by atoms with Crippen LogP contribution in [0.3, 0.4) is 0 Å². The van der Waals surface area contributed by atoms with Crippen LogP contribution in [0.5, 0.6) is 0 Å². The molecule has 2 rings (SSSR count). The molecule has 0 unspecified atom stereocenters. The fraction of sp³-hybridized carbons (Fsp3) is 0.333. The third kappa shape index (κ3) is 3.60. The Hall–Kier alpha value is -1.76. The van der Waals surface area contributed by atoms with Gasteiger partial charge in [-0.25, -0.2) is 0 Å². The predicted molar refractivity (Wildman–Crippen MR) is 84.6 cm³/mol. The second kappa shape index (κ2) is 5.48. The van der Waals surface area contributed by atoms with Crippen LogP contribution in [0.25, 0.3) is 11.1 Å². The predicted octanol–water partition coefficient (Wildman–Crippen LogP) is 4.98. The molecular weight excluding hydrogens is 230 g/mol. The van der Waals surface area contributed by atoms with Gasteiger partial charge in [0.2, 0.25) is 0 Å². The van der Waals surface area contributed by atoms with Crippen LogP contribution in [0.4, 0.5) is 5.69 Å². The highest BCUT2D eigenvalue weighted by Gasteiger charge is 2.13. The summed E-state index contributed by atoms with van der Waals surface area (Å²) in [7, 11) is 1.99. The molecule has 0 atom stereocenters. The van der Waals surface area contributed by atoms with E-state index in [-0.39, 0.29) is 0 Å². The van der Waals surface area contributed by atoms with Crippen LogP contribution in [-0.2, 0) is 6.42 Å². The highest BCUT2D eigenvalue weighted by molar-refractivity contribution is 5.78. The summed E-state index contributed by atoms with van der Waals surface area (Å²) in [5, 5.41) is 3.32. The minimum absolute atomic E-state index is 0.319. The van der Waals surface area contributed by atoms with Gasteiger partial charge in [-0.2, -0.15) is 0 Å². The zero-order valence-electron chi connectivity index (χ0n) is 12.3. The van der Waals surface area contributed by atoms with Crippen molar-refractivity contribution in [2.45, 2.75) is 27.2 Å². The standard InChI is InChI=1S/C18H23N/c1-18(2,3)13-14-10-11-16(17(12-14)19-4)15-8-6-5-7-9-15/h5-12,19H,13H2,1-4H3. The van der Waals surface area contributed by atoms with Gasteiger partial charge in [-0.1, -0.05) is 63.2 Å². The number of hydrogen-bond donors (Lipinski definition) is 1. The van der Waals surface area contributed by atoms with Gasteiger partial charge < -0.3 is 5.32 Å². The minimum atomic E-state index is 0.319. The van der Waals surface area contributed by atoms with Crippen LogP contribution in [-0.4, -0.2) is 7.05 Å². The minimum Gasteiger partial charge on any atom is -0.388 e. The molecule has 0 saturated heterocycles. The van der Waals surface area contributed by atoms with Crippen LogP contribution in [0.1, 0.15) is 26.3 Å². The van der Waals surface area contributed by atoms with Crippen molar-refractivity contribution in [3.8, 4) is 11.1 Å². The summed E-state index contributed by atoms with van der Waals surface area (Å²) in [5.41, 5.74) is 5.43. The van der Waals surface area contributed by atoms with Crippen LogP contribution in [0.15, 0.2) is 48.5 Å². The van der Waals surface area contributed by atoms with Crippen LogP contribution < -0.4 is 5.32 Å². The number of rotatable bonds is 3. The molecular formula is C18H23N. The van der Waals surface area contributed by atoms with Crippen LogP contribution in [0, 0.1) is 5.41 Å². The maximum Gasteiger partial charge on any atom is 0.0420 e. The van der Waals surface area contributed by atoms with Crippen molar-refractivity contribution in [3.63, 3.8) is 0 Å². The van der Waals surface area contributed by atoms with Gasteiger partial charge in [0.15, 0.2) is 0 Å². The van der Waals surface area contributed by atoms with Crippen molar-refractivity contribution >= 4 is 5.69 Å². The Morgan fingerprint density at radius 1 is 0.947 bits per heavy atom. The summed E-state index contributed by atoms with van der Waals surface area (Å²) in [6.07, 6.45) is 1.09. The molecule has 0 amide bonds. The SMILES string of the molecule is CNc1cc(CC(C)(C)C)ccc1-c1ccccc1. The first-order chi connectivity index (χ1) is 8.99. The summed E-state index contributed by atoms with van der Waals surface area (Å²) in [6, 6.07) is 17.3. The van der Waals surface area contributed by atoms with Crippen molar-refractivity contribution in [1.29, 1.82) is 0 Å². The van der Waals surface area contributed by atoms with E-state index in [1.165, 1.54) is 22.4 Å². The zero-order valence-corrected chi connectivity index (χ0v) is 12.3. The lowest BCUT2D eigenvalue weighted by atomic mass is 9.87. The topological polar surface area (TPSA) is 12.0 Å². The smallest absolute Gasteiger partial charge is 0.0420 e. The fourth-order valence-corrected chi connectivity index (χ4v) is 2.39. The summed E-state index contributed by atoms with van der Waals surface area (Å²) in [6.45, 7) is 6.82. The molecule has 2 aromatic carbocycles. The molecule has 1 N–H and O–H groups in total. The zero-order chi connectivity index (χ0) is 13.9. The van der Waals surface area contributed by atoms with E-state index in [2.05, 4.69) is 74.6 Å². The van der Waals surface area contributed by atoms with Gasteiger partial charge >= 0.3 is 0 Å². The first-order valence-corrected chi connectivity index (χ1v) is 6.86. The maximum atomic E-state index is 3.32. The van der Waals surface area contributed by atoms with Gasteiger partial charge in [0.1, 0.15) is 0 Å². The molecule has 0 fully saturated rings. The number of hydrogen-bond acceptors (Lipinski definition) is 1. The van der Waals surface area contributed by atoms with E-state index in [1.807, 2.05) is 7.05 Å². The summed E-state index contributed by atoms with van der Waals surface area (Å²) >= 11 is 0. The largest absolute Gasteiger partial charge is 0.388 e. The van der Waals surface area contributed by atoms with Gasteiger partial charge in [0.05, 0.1) is 0 Å². The van der Waals surface area contributed by atoms with E-state index in [1.54, 1.807) is 0 Å². The Morgan fingerprint density at radius 3 is 2.21 bits per heavy atom. The van der Waals surface area contributed by atoms with Gasteiger partial charge in [-0.3, -0.25) is 0 Å². The molecule has 0 aromatic heterocycles. The highest BCUT2D eigenvalue weighted by atomic mass is 14.8. The number of anilines is 1. The van der Waals surface area contributed by atoms with E-state index in [0.29, 0.717) is 5.41 Å². The Labute approximate surface area is 116 Å². The molecule has 0 heterocycles. The normalized spacial score (nSPS) is 11.4. The first-order valence-electron chi connectivity index (χ1n) is 6.86. The molecule has 0 aliphatic heterocycles. The second-order valence-corrected chi connectivity index (χ2v) is 6.23. The highest BCUT2D eigenvalue weighted by Crippen LogP contribution is 2.30. The fourth-order valence-electron chi connectivity index (χ4n) is 2.39. The Balaban J connectivity index is 2.37. The maximum absolute atomic E-state index is 3.32. The molecule has 100 valence electrons. The molecule has 0 bridgehead atoms. The Morgan fingerprint density at radius 2 is 1.63 bits per heavy atom. The quantitative estimate of drug-likeness (QED) is 0.813. The molecule has 0 radical (unpaired) electrons. The second-order valence-electron chi connectivity index (χ2n) is 6.23. The number of benzene rings is 2. The molecule has 0 saturated carbocycles.